The van der Waals surface area contributed by atoms with Gasteiger partial charge in [0.25, 0.3) is 0 Å². The van der Waals surface area contributed by atoms with Crippen molar-refractivity contribution in [2.45, 2.75) is 44.2 Å². The van der Waals surface area contributed by atoms with Gasteiger partial charge in [-0.2, -0.15) is 0 Å². The lowest BCUT2D eigenvalue weighted by Crippen LogP contribution is -2.65. The van der Waals surface area contributed by atoms with Gasteiger partial charge in [0.05, 0.1) is 22.3 Å². The van der Waals surface area contributed by atoms with Crippen molar-refractivity contribution in [1.29, 1.82) is 0 Å². The molecule has 7 heteroatoms. The molecule has 6 rings (SSSR count). The van der Waals surface area contributed by atoms with E-state index in [1.807, 2.05) is 36.4 Å². The van der Waals surface area contributed by atoms with E-state index in [2.05, 4.69) is 4.90 Å². The third-order valence-electron chi connectivity index (χ3n) is 7.73. The van der Waals surface area contributed by atoms with E-state index < -0.39 is 0 Å². The van der Waals surface area contributed by atoms with Gasteiger partial charge in [-0.1, -0.05) is 48.4 Å². The molecule has 1 aromatic carbocycles. The van der Waals surface area contributed by atoms with Crippen LogP contribution in [0.4, 0.5) is 0 Å². The van der Waals surface area contributed by atoms with Crippen LogP contribution in [0.2, 0.25) is 4.34 Å². The lowest BCUT2D eigenvalue weighted by atomic mass is 9.83. The molecule has 5 heterocycles. The van der Waals surface area contributed by atoms with Crippen molar-refractivity contribution in [2.24, 2.45) is 5.92 Å². The maximum absolute atomic E-state index is 13.6. The van der Waals surface area contributed by atoms with Gasteiger partial charge in [0.15, 0.2) is 6.10 Å². The van der Waals surface area contributed by atoms with Crippen molar-refractivity contribution in [1.82, 2.24) is 4.90 Å². The first-order valence-electron chi connectivity index (χ1n) is 12.2. The Morgan fingerprint density at radius 2 is 1.79 bits per heavy atom. The Morgan fingerprint density at radius 1 is 1.06 bits per heavy atom. The Balaban J connectivity index is 1.30. The van der Waals surface area contributed by atoms with E-state index in [1.54, 1.807) is 6.07 Å². The third-order valence-corrected chi connectivity index (χ3v) is 9.00. The molecule has 0 spiro atoms. The number of Topliss-reactive ketones (excluding diaryl/α,β-unsaturated/α-hetero) is 1. The lowest BCUT2D eigenvalue weighted by molar-refractivity contribution is -0.938. The number of piperidine rings is 4. The number of halogens is 1. The van der Waals surface area contributed by atoms with E-state index in [0.29, 0.717) is 16.8 Å². The Kier molecular flexibility index (Phi) is 6.89. The molecule has 2 aromatic rings. The number of carbonyl (C=O) groups is 2. The Labute approximate surface area is 204 Å². The van der Waals surface area contributed by atoms with Crippen LogP contribution in [-0.2, 0) is 9.53 Å². The second kappa shape index (κ2) is 9.87. The highest BCUT2D eigenvalue weighted by atomic mass is 35.5. The van der Waals surface area contributed by atoms with Crippen molar-refractivity contribution in [3.05, 3.63) is 57.2 Å². The van der Waals surface area contributed by atoms with E-state index in [1.165, 1.54) is 17.8 Å². The van der Waals surface area contributed by atoms with Gasteiger partial charge in [-0.25, -0.2) is 4.79 Å². The number of likely N-dealkylation sites (tertiary alicyclic amines) is 1. The van der Waals surface area contributed by atoms with Crippen LogP contribution in [0.15, 0.2) is 42.5 Å². The van der Waals surface area contributed by atoms with Crippen LogP contribution < -0.4 is 0 Å². The van der Waals surface area contributed by atoms with E-state index in [9.17, 15) is 9.59 Å². The molecular formula is C26H32ClN2O3S+. The first-order chi connectivity index (χ1) is 16.0. The molecule has 4 aliphatic heterocycles. The van der Waals surface area contributed by atoms with Crippen LogP contribution >= 0.6 is 22.9 Å². The summed E-state index contributed by atoms with van der Waals surface area (Å²) in [4.78, 5) is 29.6. The summed E-state index contributed by atoms with van der Waals surface area (Å²) in [7, 11) is 0. The van der Waals surface area contributed by atoms with E-state index >= 15 is 0 Å². The van der Waals surface area contributed by atoms with Crippen LogP contribution in [0, 0.1) is 5.92 Å². The molecule has 1 unspecified atom stereocenters. The fraction of sp³-hybridized carbons (Fsp3) is 0.538. The van der Waals surface area contributed by atoms with Crippen molar-refractivity contribution < 1.29 is 18.8 Å². The highest BCUT2D eigenvalue weighted by molar-refractivity contribution is 7.18. The zero-order chi connectivity index (χ0) is 22.8. The van der Waals surface area contributed by atoms with Crippen LogP contribution in [0.1, 0.15) is 53.4 Å². The summed E-state index contributed by atoms with van der Waals surface area (Å²) >= 11 is 7.40. The number of hydrogen-bond donors (Lipinski definition) is 0. The van der Waals surface area contributed by atoms with Crippen molar-refractivity contribution in [3.63, 3.8) is 0 Å². The number of ketones is 1. The Bertz CT molecular complexity index is 980. The highest BCUT2D eigenvalue weighted by Crippen LogP contribution is 2.37. The number of nitrogens with zero attached hydrogens (tertiary/aromatic N) is 2. The van der Waals surface area contributed by atoms with Gasteiger partial charge in [-0.3, -0.25) is 9.69 Å². The van der Waals surface area contributed by atoms with Crippen LogP contribution in [0.3, 0.4) is 0 Å². The average Bonchev–Trinajstić information content (AvgIpc) is 3.28. The van der Waals surface area contributed by atoms with Gasteiger partial charge in [0.2, 0.25) is 5.78 Å². The predicted molar refractivity (Wildman–Crippen MR) is 131 cm³/mol. The number of benzene rings is 1. The van der Waals surface area contributed by atoms with E-state index in [-0.39, 0.29) is 23.9 Å². The quantitative estimate of drug-likeness (QED) is 0.314. The maximum atomic E-state index is 13.6. The predicted octanol–water partition coefficient (Wildman–Crippen LogP) is 4.96. The molecule has 176 valence electrons. The fourth-order valence-corrected chi connectivity index (χ4v) is 6.92. The smallest absolute Gasteiger partial charge is 0.328 e. The lowest BCUT2D eigenvalue weighted by Gasteiger charge is -2.51. The second-order valence-electron chi connectivity index (χ2n) is 9.88. The van der Waals surface area contributed by atoms with Gasteiger partial charge in [-0.15, -0.1) is 11.3 Å². The topological polar surface area (TPSA) is 46.6 Å². The summed E-state index contributed by atoms with van der Waals surface area (Å²) in [5, 5.41) is 0. The molecule has 0 N–H and O–H groups in total. The standard InChI is InChI=1S/C26H32ClN2O3S/c27-24-10-9-23(33-24)21(30)17-29-15-11-19(12-16-29)22(18-29)32-26(31)25(20-7-3-1-4-8-20)28-13-5-2-6-14-28/h1,3-4,7-10,19,22,25H,2,5-6,11-18H2/q+1/t19?,22-,25?,29?/m0/s1. The largest absolute Gasteiger partial charge is 0.455 e. The molecule has 2 bridgehead atoms. The molecule has 0 saturated carbocycles. The summed E-state index contributed by atoms with van der Waals surface area (Å²) < 4.78 is 7.66. The van der Waals surface area contributed by atoms with Gasteiger partial charge in [0.1, 0.15) is 19.1 Å². The number of carbonyl (C=O) groups excluding carboxylic acids is 2. The molecule has 5 nitrogen and oxygen atoms in total. The first kappa shape index (κ1) is 23.0. The molecule has 0 amide bonds. The van der Waals surface area contributed by atoms with Gasteiger partial charge in [0, 0.05) is 18.8 Å². The van der Waals surface area contributed by atoms with E-state index in [4.69, 9.17) is 16.3 Å². The highest BCUT2D eigenvalue weighted by Gasteiger charge is 2.49. The average molecular weight is 488 g/mol. The number of esters is 1. The Hall–Kier alpha value is -1.73. The van der Waals surface area contributed by atoms with Crippen LogP contribution in [-0.4, -0.2) is 66.5 Å². The minimum atomic E-state index is -0.342. The summed E-state index contributed by atoms with van der Waals surface area (Å²) in [6, 6.07) is 13.3. The zero-order valence-corrected chi connectivity index (χ0v) is 20.5. The van der Waals surface area contributed by atoms with Crippen molar-refractivity contribution in [2.75, 3.05) is 39.3 Å². The van der Waals surface area contributed by atoms with E-state index in [0.717, 1.165) is 73.3 Å². The minimum absolute atomic E-state index is 0.115. The Morgan fingerprint density at radius 3 is 2.45 bits per heavy atom. The number of ether oxygens (including phenoxy) is 1. The van der Waals surface area contributed by atoms with Gasteiger partial charge in [-0.05, 0) is 43.6 Å². The molecule has 1 aromatic heterocycles. The number of fused-ring (bicyclic) bond motifs is 3. The van der Waals surface area contributed by atoms with Crippen LogP contribution in [0.5, 0.6) is 0 Å². The molecular weight excluding hydrogens is 456 g/mol. The summed E-state index contributed by atoms with van der Waals surface area (Å²) in [5.41, 5.74) is 1.01. The minimum Gasteiger partial charge on any atom is -0.455 e. The SMILES string of the molecule is O=C(C[N+]12CCC(CC1)[C@@H](OC(=O)C(c1ccccc1)N1CCCCC1)C2)c1ccc(Cl)s1. The second-order valence-corrected chi connectivity index (χ2v) is 11.6. The van der Waals surface area contributed by atoms with Crippen molar-refractivity contribution >= 4 is 34.7 Å². The number of rotatable bonds is 7. The van der Waals surface area contributed by atoms with Gasteiger partial charge >= 0.3 is 5.97 Å². The molecule has 0 radical (unpaired) electrons. The zero-order valence-electron chi connectivity index (χ0n) is 19.0. The molecule has 4 saturated heterocycles. The summed E-state index contributed by atoms with van der Waals surface area (Å²) in [6.45, 7) is 5.03. The van der Waals surface area contributed by atoms with Crippen molar-refractivity contribution in [3.8, 4) is 0 Å². The maximum Gasteiger partial charge on any atom is 0.328 e. The molecule has 33 heavy (non-hydrogen) atoms. The molecule has 4 fully saturated rings. The monoisotopic (exact) mass is 487 g/mol. The molecule has 2 atom stereocenters. The molecule has 4 aliphatic rings. The molecule has 0 aliphatic carbocycles. The number of quaternary nitrogens is 1. The summed E-state index contributed by atoms with van der Waals surface area (Å²) in [5.74, 6) is 0.419. The third kappa shape index (κ3) is 5.04. The first-order valence-corrected chi connectivity index (χ1v) is 13.4. The van der Waals surface area contributed by atoms with Gasteiger partial charge < -0.3 is 9.22 Å². The summed E-state index contributed by atoms with van der Waals surface area (Å²) in [6.07, 6.45) is 5.37. The number of hydrogen-bond acceptors (Lipinski definition) is 5. The normalized spacial score (nSPS) is 28.4. The number of thiophene rings is 1. The fourth-order valence-electron chi connectivity index (χ4n) is 5.95. The van der Waals surface area contributed by atoms with Crippen LogP contribution in [0.25, 0.3) is 0 Å².